The molecule has 1 aliphatic carbocycles. The van der Waals surface area contributed by atoms with E-state index in [4.69, 9.17) is 16.7 Å². The molecule has 5 rings (SSSR count). The van der Waals surface area contributed by atoms with E-state index < -0.39 is 0 Å². The van der Waals surface area contributed by atoms with Crippen molar-refractivity contribution >= 4 is 23.4 Å². The van der Waals surface area contributed by atoms with Crippen molar-refractivity contribution in [3.8, 4) is 11.3 Å². The van der Waals surface area contributed by atoms with Crippen LogP contribution in [0.4, 0.5) is 0 Å². The summed E-state index contributed by atoms with van der Waals surface area (Å²) >= 11 is 6.37. The minimum Gasteiger partial charge on any atom is -0.352 e. The van der Waals surface area contributed by atoms with Gasteiger partial charge >= 0.3 is 0 Å². The largest absolute Gasteiger partial charge is 0.352 e. The Morgan fingerprint density at radius 2 is 1.71 bits per heavy atom. The van der Waals surface area contributed by atoms with Crippen LogP contribution in [0, 0.1) is 0 Å². The van der Waals surface area contributed by atoms with E-state index in [2.05, 4.69) is 10.2 Å². The lowest BCUT2D eigenvalue weighted by Crippen LogP contribution is -2.55. The van der Waals surface area contributed by atoms with Gasteiger partial charge in [-0.05, 0) is 31.4 Å². The SMILES string of the molecule is CC(C(=O)NC1CC1)N1CCN(C(=O)c2cn(Cc3ccccc3Cl)nc2-c2ccccc2)CC1. The number of carbonyl (C=O) groups excluding carboxylic acids is 2. The van der Waals surface area contributed by atoms with Gasteiger partial charge < -0.3 is 10.2 Å². The number of rotatable bonds is 7. The van der Waals surface area contributed by atoms with E-state index in [9.17, 15) is 9.59 Å². The third kappa shape index (κ3) is 5.41. The molecule has 1 saturated heterocycles. The second kappa shape index (κ2) is 10.2. The highest BCUT2D eigenvalue weighted by molar-refractivity contribution is 6.31. The van der Waals surface area contributed by atoms with Crippen molar-refractivity contribution in [3.05, 3.63) is 76.9 Å². The number of carbonyl (C=O) groups is 2. The summed E-state index contributed by atoms with van der Waals surface area (Å²) in [5, 5.41) is 8.54. The quantitative estimate of drug-likeness (QED) is 0.547. The molecule has 182 valence electrons. The molecule has 1 N–H and O–H groups in total. The molecule has 0 radical (unpaired) electrons. The highest BCUT2D eigenvalue weighted by Crippen LogP contribution is 2.25. The molecule has 35 heavy (non-hydrogen) atoms. The van der Waals surface area contributed by atoms with E-state index in [0.717, 1.165) is 24.0 Å². The standard InChI is InChI=1S/C27H30ClN5O2/c1-19(26(34)29-22-11-12-22)31-13-15-32(16-14-31)27(35)23-18-33(17-21-9-5-6-10-24(21)28)30-25(23)20-7-3-2-4-8-20/h2-10,18-19,22H,11-17H2,1H3,(H,29,34). The normalized spacial score (nSPS) is 17.3. The lowest BCUT2D eigenvalue weighted by atomic mass is 10.1. The Bertz CT molecular complexity index is 1200. The van der Waals surface area contributed by atoms with Crippen LogP contribution in [-0.4, -0.2) is 69.7 Å². The molecule has 2 aliphatic rings. The maximum absolute atomic E-state index is 13.6. The second-order valence-corrected chi connectivity index (χ2v) is 9.74. The number of hydrogen-bond donors (Lipinski definition) is 1. The van der Waals surface area contributed by atoms with Crippen molar-refractivity contribution in [1.82, 2.24) is 24.9 Å². The zero-order valence-corrected chi connectivity index (χ0v) is 20.6. The summed E-state index contributed by atoms with van der Waals surface area (Å²) in [4.78, 5) is 30.1. The minimum atomic E-state index is -0.189. The molecule has 7 nitrogen and oxygen atoms in total. The minimum absolute atomic E-state index is 0.0380. The Morgan fingerprint density at radius 3 is 2.40 bits per heavy atom. The maximum atomic E-state index is 13.6. The van der Waals surface area contributed by atoms with Crippen molar-refractivity contribution < 1.29 is 9.59 Å². The number of benzene rings is 2. The number of nitrogens with one attached hydrogen (secondary N) is 1. The first-order chi connectivity index (χ1) is 17.0. The molecule has 0 bridgehead atoms. The van der Waals surface area contributed by atoms with Gasteiger partial charge in [0.25, 0.3) is 5.91 Å². The van der Waals surface area contributed by atoms with Crippen LogP contribution in [0.5, 0.6) is 0 Å². The Labute approximate surface area is 210 Å². The van der Waals surface area contributed by atoms with Crippen LogP contribution in [0.1, 0.15) is 35.7 Å². The molecule has 1 aliphatic heterocycles. The topological polar surface area (TPSA) is 70.5 Å². The summed E-state index contributed by atoms with van der Waals surface area (Å²) in [5.74, 6) is 0.0449. The van der Waals surface area contributed by atoms with Crippen LogP contribution in [0.25, 0.3) is 11.3 Å². The van der Waals surface area contributed by atoms with Gasteiger partial charge in [-0.25, -0.2) is 0 Å². The van der Waals surface area contributed by atoms with Crippen molar-refractivity contribution in [2.45, 2.75) is 38.4 Å². The first kappa shape index (κ1) is 23.6. The zero-order chi connectivity index (χ0) is 24.4. The molecule has 2 aromatic carbocycles. The van der Waals surface area contributed by atoms with Gasteiger partial charge in [-0.3, -0.25) is 19.2 Å². The van der Waals surface area contributed by atoms with Gasteiger partial charge in [0, 0.05) is 49.0 Å². The van der Waals surface area contributed by atoms with E-state index in [1.807, 2.05) is 72.6 Å². The molecule has 1 unspecified atom stereocenters. The van der Waals surface area contributed by atoms with E-state index >= 15 is 0 Å². The number of amides is 2. The molecule has 2 amide bonds. The van der Waals surface area contributed by atoms with Crippen molar-refractivity contribution in [1.29, 1.82) is 0 Å². The van der Waals surface area contributed by atoms with E-state index in [1.165, 1.54) is 0 Å². The van der Waals surface area contributed by atoms with Crippen molar-refractivity contribution in [2.24, 2.45) is 0 Å². The summed E-state index contributed by atoms with van der Waals surface area (Å²) in [6.45, 7) is 4.90. The van der Waals surface area contributed by atoms with E-state index in [1.54, 1.807) is 4.68 Å². The fourth-order valence-electron chi connectivity index (χ4n) is 4.47. The van der Waals surface area contributed by atoms with Gasteiger partial charge in [0.15, 0.2) is 0 Å². The van der Waals surface area contributed by atoms with Gasteiger partial charge in [-0.1, -0.05) is 60.1 Å². The number of piperazine rings is 1. The highest BCUT2D eigenvalue weighted by atomic mass is 35.5. The Morgan fingerprint density at radius 1 is 1.03 bits per heavy atom. The predicted octanol–water partition coefficient (Wildman–Crippen LogP) is 3.68. The first-order valence-corrected chi connectivity index (χ1v) is 12.6. The van der Waals surface area contributed by atoms with Gasteiger partial charge in [-0.15, -0.1) is 0 Å². The van der Waals surface area contributed by atoms with Crippen LogP contribution in [0.2, 0.25) is 5.02 Å². The summed E-state index contributed by atoms with van der Waals surface area (Å²) in [6.07, 6.45) is 3.98. The Kier molecular flexibility index (Phi) is 6.88. The molecule has 1 aromatic heterocycles. The number of aromatic nitrogens is 2. The van der Waals surface area contributed by atoms with Gasteiger partial charge in [0.1, 0.15) is 5.69 Å². The molecule has 3 aromatic rings. The summed E-state index contributed by atoms with van der Waals surface area (Å²) in [6, 6.07) is 17.6. The van der Waals surface area contributed by atoms with E-state index in [0.29, 0.717) is 55.0 Å². The summed E-state index contributed by atoms with van der Waals surface area (Å²) < 4.78 is 1.79. The summed E-state index contributed by atoms with van der Waals surface area (Å²) in [5.41, 5.74) is 3.10. The number of halogens is 1. The number of nitrogens with zero attached hydrogens (tertiary/aromatic N) is 4. The van der Waals surface area contributed by atoms with Gasteiger partial charge in [-0.2, -0.15) is 5.10 Å². The molecular weight excluding hydrogens is 462 g/mol. The predicted molar refractivity (Wildman–Crippen MR) is 136 cm³/mol. The monoisotopic (exact) mass is 491 g/mol. The van der Waals surface area contributed by atoms with Crippen molar-refractivity contribution in [3.63, 3.8) is 0 Å². The lowest BCUT2D eigenvalue weighted by Gasteiger charge is -2.37. The fraction of sp³-hybridized carbons (Fsp3) is 0.370. The van der Waals surface area contributed by atoms with Gasteiger partial charge in [0.2, 0.25) is 5.91 Å². The molecule has 1 atom stereocenters. The average Bonchev–Trinajstić information content (AvgIpc) is 3.61. The third-order valence-electron chi connectivity index (χ3n) is 6.78. The highest BCUT2D eigenvalue weighted by Gasteiger charge is 2.32. The second-order valence-electron chi connectivity index (χ2n) is 9.33. The van der Waals surface area contributed by atoms with Crippen LogP contribution < -0.4 is 5.32 Å². The Hall–Kier alpha value is -3.16. The van der Waals surface area contributed by atoms with Crippen LogP contribution in [0.3, 0.4) is 0 Å². The fourth-order valence-corrected chi connectivity index (χ4v) is 4.66. The summed E-state index contributed by atoms with van der Waals surface area (Å²) in [7, 11) is 0. The molecule has 8 heteroatoms. The van der Waals surface area contributed by atoms with Crippen LogP contribution in [0.15, 0.2) is 60.8 Å². The van der Waals surface area contributed by atoms with Crippen molar-refractivity contribution in [2.75, 3.05) is 26.2 Å². The third-order valence-corrected chi connectivity index (χ3v) is 7.15. The molecule has 2 heterocycles. The van der Waals surface area contributed by atoms with Crippen LogP contribution in [-0.2, 0) is 11.3 Å². The first-order valence-electron chi connectivity index (χ1n) is 12.2. The molecule has 0 spiro atoms. The average molecular weight is 492 g/mol. The molecule has 2 fully saturated rings. The van der Waals surface area contributed by atoms with E-state index in [-0.39, 0.29) is 17.9 Å². The van der Waals surface area contributed by atoms with Crippen LogP contribution >= 0.6 is 11.6 Å². The molecular formula is C27H30ClN5O2. The maximum Gasteiger partial charge on any atom is 0.257 e. The molecule has 1 saturated carbocycles. The smallest absolute Gasteiger partial charge is 0.257 e. The Balaban J connectivity index is 1.32. The zero-order valence-electron chi connectivity index (χ0n) is 19.9. The lowest BCUT2D eigenvalue weighted by molar-refractivity contribution is -0.126. The number of hydrogen-bond acceptors (Lipinski definition) is 4. The van der Waals surface area contributed by atoms with Gasteiger partial charge in [0.05, 0.1) is 18.2 Å².